The van der Waals surface area contributed by atoms with E-state index in [4.69, 9.17) is 10.2 Å². The summed E-state index contributed by atoms with van der Waals surface area (Å²) in [6, 6.07) is 7.20. The van der Waals surface area contributed by atoms with E-state index < -0.39 is 0 Å². The number of imidazole rings is 1. The molecule has 0 radical (unpaired) electrons. The van der Waals surface area contributed by atoms with Gasteiger partial charge < -0.3 is 15.1 Å². The Morgan fingerprint density at radius 1 is 1.19 bits per heavy atom. The van der Waals surface area contributed by atoms with E-state index in [0.29, 0.717) is 27.7 Å². The molecular formula is C10H7BrN4O. The van der Waals surface area contributed by atoms with Crippen LogP contribution in [0.1, 0.15) is 0 Å². The van der Waals surface area contributed by atoms with E-state index in [9.17, 15) is 0 Å². The number of halogens is 1. The first-order chi connectivity index (χ1) is 7.72. The van der Waals surface area contributed by atoms with E-state index in [0.717, 1.165) is 5.52 Å². The van der Waals surface area contributed by atoms with Gasteiger partial charge in [0.25, 0.3) is 0 Å². The fourth-order valence-electron chi connectivity index (χ4n) is 1.47. The van der Waals surface area contributed by atoms with Crippen LogP contribution < -0.4 is 5.73 Å². The smallest absolute Gasteiger partial charge is 0.180 e. The molecule has 0 saturated carbocycles. The molecule has 0 aliphatic carbocycles. The monoisotopic (exact) mass is 278 g/mol. The van der Waals surface area contributed by atoms with Crippen molar-refractivity contribution in [1.29, 1.82) is 0 Å². The van der Waals surface area contributed by atoms with Gasteiger partial charge in [-0.05, 0) is 40.2 Å². The molecule has 0 aliphatic heterocycles. The average Bonchev–Trinajstić information content (AvgIpc) is 2.83. The third-order valence-electron chi connectivity index (χ3n) is 2.17. The number of pyridine rings is 1. The van der Waals surface area contributed by atoms with Crippen LogP contribution in [-0.4, -0.2) is 15.0 Å². The van der Waals surface area contributed by atoms with Crippen LogP contribution in [0.2, 0.25) is 0 Å². The number of nitrogens with zero attached hydrogens (tertiary/aromatic N) is 2. The van der Waals surface area contributed by atoms with Gasteiger partial charge in [0.2, 0.25) is 0 Å². The molecule has 3 rings (SSSR count). The van der Waals surface area contributed by atoms with Gasteiger partial charge in [-0.15, -0.1) is 0 Å². The second-order valence-electron chi connectivity index (χ2n) is 3.30. The van der Waals surface area contributed by atoms with E-state index in [1.165, 1.54) is 0 Å². The number of hydrogen-bond acceptors (Lipinski definition) is 4. The van der Waals surface area contributed by atoms with Crippen molar-refractivity contribution >= 4 is 32.9 Å². The van der Waals surface area contributed by atoms with Gasteiger partial charge in [0.15, 0.2) is 21.9 Å². The number of nitrogen functional groups attached to an aromatic ring is 1. The maximum absolute atomic E-state index is 5.58. The quantitative estimate of drug-likeness (QED) is 0.717. The van der Waals surface area contributed by atoms with E-state index in [1.807, 2.05) is 18.2 Å². The summed E-state index contributed by atoms with van der Waals surface area (Å²) < 4.78 is 6.06. The predicted molar refractivity (Wildman–Crippen MR) is 63.7 cm³/mol. The van der Waals surface area contributed by atoms with E-state index in [-0.39, 0.29) is 0 Å². The van der Waals surface area contributed by atoms with Gasteiger partial charge in [-0.25, -0.2) is 9.97 Å². The van der Waals surface area contributed by atoms with Crippen LogP contribution in [0.3, 0.4) is 0 Å². The third kappa shape index (κ3) is 1.47. The molecule has 0 aromatic carbocycles. The number of rotatable bonds is 1. The molecule has 80 valence electrons. The number of nitrogens with one attached hydrogen (secondary N) is 1. The highest BCUT2D eigenvalue weighted by atomic mass is 79.9. The fourth-order valence-corrected chi connectivity index (χ4v) is 1.77. The van der Waals surface area contributed by atoms with Gasteiger partial charge in [0, 0.05) is 0 Å². The lowest BCUT2D eigenvalue weighted by Gasteiger charge is -1.88. The maximum Gasteiger partial charge on any atom is 0.180 e. The van der Waals surface area contributed by atoms with Crippen molar-refractivity contribution in [2.45, 2.75) is 0 Å². The summed E-state index contributed by atoms with van der Waals surface area (Å²) in [6.45, 7) is 0. The highest BCUT2D eigenvalue weighted by Gasteiger charge is 2.09. The van der Waals surface area contributed by atoms with Crippen LogP contribution in [0.25, 0.3) is 22.7 Å². The van der Waals surface area contributed by atoms with E-state index in [1.54, 1.807) is 6.07 Å². The van der Waals surface area contributed by atoms with Gasteiger partial charge in [0.1, 0.15) is 5.82 Å². The van der Waals surface area contributed by atoms with Crippen LogP contribution in [0.4, 0.5) is 5.82 Å². The number of furan rings is 1. The topological polar surface area (TPSA) is 80.7 Å². The van der Waals surface area contributed by atoms with Gasteiger partial charge in [-0.2, -0.15) is 0 Å². The first kappa shape index (κ1) is 9.41. The van der Waals surface area contributed by atoms with Gasteiger partial charge in [0.05, 0.1) is 5.52 Å². The van der Waals surface area contributed by atoms with Crippen molar-refractivity contribution in [3.05, 3.63) is 28.9 Å². The van der Waals surface area contributed by atoms with Crippen LogP contribution in [0.5, 0.6) is 0 Å². The number of aromatic amines is 1. The Morgan fingerprint density at radius 3 is 2.81 bits per heavy atom. The van der Waals surface area contributed by atoms with Gasteiger partial charge >= 0.3 is 0 Å². The lowest BCUT2D eigenvalue weighted by molar-refractivity contribution is 0.552. The molecule has 3 heterocycles. The molecule has 3 aromatic rings. The van der Waals surface area contributed by atoms with E-state index in [2.05, 4.69) is 30.9 Å². The summed E-state index contributed by atoms with van der Waals surface area (Å²) in [6.07, 6.45) is 0. The molecule has 0 aliphatic rings. The summed E-state index contributed by atoms with van der Waals surface area (Å²) in [5.74, 6) is 1.74. The molecule has 3 N–H and O–H groups in total. The summed E-state index contributed by atoms with van der Waals surface area (Å²) >= 11 is 3.24. The number of nitrogens with two attached hydrogens (primary N) is 1. The lowest BCUT2D eigenvalue weighted by Crippen LogP contribution is -1.88. The summed E-state index contributed by atoms with van der Waals surface area (Å²) in [5, 5.41) is 0. The van der Waals surface area contributed by atoms with Gasteiger partial charge in [-0.3, -0.25) is 0 Å². The maximum atomic E-state index is 5.58. The molecule has 6 heteroatoms. The molecule has 3 aromatic heterocycles. The zero-order chi connectivity index (χ0) is 11.1. The molecule has 0 fully saturated rings. The summed E-state index contributed by atoms with van der Waals surface area (Å²) in [4.78, 5) is 11.5. The average molecular weight is 279 g/mol. The predicted octanol–water partition coefficient (Wildman–Crippen LogP) is 2.56. The van der Waals surface area contributed by atoms with Crippen molar-refractivity contribution in [2.75, 3.05) is 5.73 Å². The molecular weight excluding hydrogens is 272 g/mol. The van der Waals surface area contributed by atoms with Crippen molar-refractivity contribution in [1.82, 2.24) is 15.0 Å². The van der Waals surface area contributed by atoms with Crippen LogP contribution >= 0.6 is 15.9 Å². The molecule has 0 unspecified atom stereocenters. The van der Waals surface area contributed by atoms with Crippen molar-refractivity contribution < 1.29 is 4.42 Å². The van der Waals surface area contributed by atoms with Crippen LogP contribution in [0.15, 0.2) is 33.4 Å². The minimum absolute atomic E-state index is 0.450. The zero-order valence-corrected chi connectivity index (χ0v) is 9.65. The number of hydrogen-bond donors (Lipinski definition) is 2. The number of fused-ring (bicyclic) bond motifs is 1. The largest absolute Gasteiger partial charge is 0.446 e. The van der Waals surface area contributed by atoms with Crippen LogP contribution in [-0.2, 0) is 0 Å². The SMILES string of the molecule is Nc1ccc2[nH]c(-c3ccc(Br)o3)nc2n1. The van der Waals surface area contributed by atoms with E-state index >= 15 is 0 Å². The number of anilines is 1. The molecule has 0 bridgehead atoms. The zero-order valence-electron chi connectivity index (χ0n) is 8.07. The summed E-state index contributed by atoms with van der Waals surface area (Å²) in [5.41, 5.74) is 7.00. The Kier molecular flexibility index (Phi) is 1.97. The van der Waals surface area contributed by atoms with Crippen molar-refractivity contribution in [3.63, 3.8) is 0 Å². The molecule has 0 amide bonds. The molecule has 0 saturated heterocycles. The van der Waals surface area contributed by atoms with Crippen molar-refractivity contribution in [3.8, 4) is 11.6 Å². The number of aromatic nitrogens is 3. The fraction of sp³-hybridized carbons (Fsp3) is 0. The molecule has 0 atom stereocenters. The standard InChI is InChI=1S/C10H7BrN4O/c11-7-3-2-6(16-7)10-13-5-1-4-8(12)14-9(5)15-10/h1-4H,(H3,12,13,14,15). The minimum atomic E-state index is 0.450. The molecule has 16 heavy (non-hydrogen) atoms. The Bertz CT molecular complexity index is 658. The third-order valence-corrected chi connectivity index (χ3v) is 2.60. The Morgan fingerprint density at radius 2 is 2.06 bits per heavy atom. The highest BCUT2D eigenvalue weighted by Crippen LogP contribution is 2.24. The number of H-pyrrole nitrogens is 1. The summed E-state index contributed by atoms with van der Waals surface area (Å²) in [7, 11) is 0. The molecule has 0 spiro atoms. The lowest BCUT2D eigenvalue weighted by atomic mass is 10.4. The molecule has 5 nitrogen and oxygen atoms in total. The van der Waals surface area contributed by atoms with Crippen LogP contribution in [0, 0.1) is 0 Å². The Balaban J connectivity index is 2.18. The first-order valence-corrected chi connectivity index (χ1v) is 5.39. The second-order valence-corrected chi connectivity index (χ2v) is 4.08. The minimum Gasteiger partial charge on any atom is -0.446 e. The normalized spacial score (nSPS) is 11.1. The first-order valence-electron chi connectivity index (χ1n) is 4.60. The highest BCUT2D eigenvalue weighted by molar-refractivity contribution is 9.10. The second kappa shape index (κ2) is 3.34. The van der Waals surface area contributed by atoms with Crippen molar-refractivity contribution in [2.24, 2.45) is 0 Å². The van der Waals surface area contributed by atoms with Gasteiger partial charge in [-0.1, -0.05) is 0 Å². The Labute approximate surface area is 98.8 Å². The Hall–Kier alpha value is -1.82.